The smallest absolute Gasteiger partial charge is 0.395 e. The molecule has 1 aliphatic rings. The second-order valence-corrected chi connectivity index (χ2v) is 2.50. The van der Waals surface area contributed by atoms with Crippen molar-refractivity contribution >= 4 is 7.62 Å². The van der Waals surface area contributed by atoms with Gasteiger partial charge in [-0.25, -0.2) is 0 Å². The molecule has 0 saturated heterocycles. The maximum atomic E-state index is 4.77. The average molecular weight is 126 g/mol. The quantitative estimate of drug-likeness (QED) is 0.562. The number of nitrogens with one attached hydrogen (secondary N) is 1. The van der Waals surface area contributed by atoms with Crippen molar-refractivity contribution < 1.29 is 4.65 Å². The van der Waals surface area contributed by atoms with Crippen LogP contribution in [0.3, 0.4) is 0 Å². The Morgan fingerprint density at radius 2 is 2.11 bits per heavy atom. The summed E-state index contributed by atoms with van der Waals surface area (Å²) in [5.41, 5.74) is 0. The van der Waals surface area contributed by atoms with Crippen molar-refractivity contribution in [3.63, 3.8) is 0 Å². The normalized spacial score (nSPS) is 20.6. The summed E-state index contributed by atoms with van der Waals surface area (Å²) in [4.78, 5) is 0. The van der Waals surface area contributed by atoms with Gasteiger partial charge in [0.25, 0.3) is 0 Å². The van der Waals surface area contributed by atoms with E-state index in [1.54, 1.807) is 14.7 Å². The molecule has 51 valence electrons. The first-order valence-electron chi connectivity index (χ1n) is 3.54. The van der Waals surface area contributed by atoms with Crippen LogP contribution in [-0.4, -0.2) is 20.8 Å². The fourth-order valence-electron chi connectivity index (χ4n) is 1.26. The van der Waals surface area contributed by atoms with E-state index >= 15 is 0 Å². The van der Waals surface area contributed by atoms with Gasteiger partial charge in [-0.3, -0.25) is 0 Å². The van der Waals surface area contributed by atoms with Crippen LogP contribution in [0.1, 0.15) is 25.7 Å². The Balaban J connectivity index is 1.98. The van der Waals surface area contributed by atoms with E-state index < -0.39 is 0 Å². The van der Waals surface area contributed by atoms with Gasteiger partial charge in [0, 0.05) is 7.11 Å². The van der Waals surface area contributed by atoms with Gasteiger partial charge >= 0.3 is 7.62 Å². The van der Waals surface area contributed by atoms with Crippen LogP contribution in [0.2, 0.25) is 0 Å². The molecule has 0 heterocycles. The second-order valence-electron chi connectivity index (χ2n) is 2.50. The predicted molar refractivity (Wildman–Crippen MR) is 38.2 cm³/mol. The molecule has 1 radical (unpaired) electrons. The molecule has 1 rings (SSSR count). The van der Waals surface area contributed by atoms with Gasteiger partial charge < -0.3 is 9.88 Å². The van der Waals surface area contributed by atoms with Crippen molar-refractivity contribution in [3.8, 4) is 0 Å². The summed E-state index contributed by atoms with van der Waals surface area (Å²) in [6, 6.07) is 0.685. The molecule has 1 saturated carbocycles. The number of hydrogen-bond donors (Lipinski definition) is 1. The van der Waals surface area contributed by atoms with Gasteiger partial charge in [0.15, 0.2) is 0 Å². The van der Waals surface area contributed by atoms with Crippen molar-refractivity contribution in [1.29, 1.82) is 0 Å². The standard InChI is InChI=1S/C6H13BNO/c1-9-7-8-6-4-2-3-5-6/h6,8H,2-5H2,1H3. The first-order chi connectivity index (χ1) is 4.43. The molecule has 0 aliphatic heterocycles. The van der Waals surface area contributed by atoms with E-state index in [1.165, 1.54) is 25.7 Å². The lowest BCUT2D eigenvalue weighted by Gasteiger charge is -2.07. The van der Waals surface area contributed by atoms with Crippen LogP contribution in [0.15, 0.2) is 0 Å². The highest BCUT2D eigenvalue weighted by Gasteiger charge is 2.13. The van der Waals surface area contributed by atoms with Gasteiger partial charge in [0.05, 0.1) is 0 Å². The zero-order chi connectivity index (χ0) is 6.53. The SMILES string of the molecule is CO[B]NC1CCCC1. The lowest BCUT2D eigenvalue weighted by atomic mass is 10.1. The maximum absolute atomic E-state index is 4.77. The molecule has 3 heteroatoms. The summed E-state index contributed by atoms with van der Waals surface area (Å²) >= 11 is 0. The van der Waals surface area contributed by atoms with E-state index in [1.807, 2.05) is 0 Å². The summed E-state index contributed by atoms with van der Waals surface area (Å²) in [5.74, 6) is 0. The van der Waals surface area contributed by atoms with Crippen LogP contribution in [0.4, 0.5) is 0 Å². The van der Waals surface area contributed by atoms with Crippen LogP contribution >= 0.6 is 0 Å². The molecule has 0 spiro atoms. The van der Waals surface area contributed by atoms with Gasteiger partial charge in [-0.05, 0) is 18.9 Å². The maximum Gasteiger partial charge on any atom is 0.395 e. The molecule has 0 atom stereocenters. The van der Waals surface area contributed by atoms with Gasteiger partial charge in [-0.1, -0.05) is 12.8 Å². The van der Waals surface area contributed by atoms with Gasteiger partial charge in [-0.15, -0.1) is 0 Å². The van der Waals surface area contributed by atoms with E-state index in [9.17, 15) is 0 Å². The van der Waals surface area contributed by atoms with Crippen molar-refractivity contribution in [2.75, 3.05) is 7.11 Å². The van der Waals surface area contributed by atoms with Crippen molar-refractivity contribution in [1.82, 2.24) is 5.23 Å². The summed E-state index contributed by atoms with van der Waals surface area (Å²) in [6.45, 7) is 0. The highest BCUT2D eigenvalue weighted by molar-refractivity contribution is 6.23. The zero-order valence-corrected chi connectivity index (χ0v) is 5.89. The first kappa shape index (κ1) is 7.10. The molecule has 0 aromatic carbocycles. The Kier molecular flexibility index (Phi) is 3.08. The van der Waals surface area contributed by atoms with E-state index in [2.05, 4.69) is 5.23 Å². The van der Waals surface area contributed by atoms with Gasteiger partial charge in [0.2, 0.25) is 0 Å². The minimum atomic E-state index is 0.685. The molecular weight excluding hydrogens is 113 g/mol. The van der Waals surface area contributed by atoms with Crippen LogP contribution in [0, 0.1) is 0 Å². The Morgan fingerprint density at radius 3 is 2.67 bits per heavy atom. The Morgan fingerprint density at radius 1 is 1.44 bits per heavy atom. The molecule has 0 bridgehead atoms. The van der Waals surface area contributed by atoms with Crippen LogP contribution in [-0.2, 0) is 4.65 Å². The Labute approximate surface area is 57.3 Å². The molecule has 2 nitrogen and oxygen atoms in total. The second kappa shape index (κ2) is 3.91. The highest BCUT2D eigenvalue weighted by Crippen LogP contribution is 2.16. The zero-order valence-electron chi connectivity index (χ0n) is 5.89. The molecule has 0 aromatic rings. The highest BCUT2D eigenvalue weighted by atomic mass is 16.4. The molecule has 9 heavy (non-hydrogen) atoms. The average Bonchev–Trinajstić information content (AvgIpc) is 2.34. The molecule has 0 amide bonds. The molecule has 0 unspecified atom stereocenters. The fraction of sp³-hybridized carbons (Fsp3) is 1.00. The summed E-state index contributed by atoms with van der Waals surface area (Å²) in [5, 5.41) is 3.18. The predicted octanol–water partition coefficient (Wildman–Crippen LogP) is 0.699. The summed E-state index contributed by atoms with van der Waals surface area (Å²) < 4.78 is 4.77. The number of rotatable bonds is 3. The molecule has 1 fully saturated rings. The van der Waals surface area contributed by atoms with E-state index in [4.69, 9.17) is 4.65 Å². The lowest BCUT2D eigenvalue weighted by molar-refractivity contribution is 0.420. The van der Waals surface area contributed by atoms with E-state index in [0.717, 1.165) is 0 Å². The topological polar surface area (TPSA) is 21.3 Å². The molecular formula is C6H13BNO. The van der Waals surface area contributed by atoms with Crippen molar-refractivity contribution in [2.45, 2.75) is 31.7 Å². The Bertz CT molecular complexity index is 73.5. The van der Waals surface area contributed by atoms with Gasteiger partial charge in [-0.2, -0.15) is 0 Å². The van der Waals surface area contributed by atoms with Crippen LogP contribution in [0.5, 0.6) is 0 Å². The van der Waals surface area contributed by atoms with Crippen molar-refractivity contribution in [2.24, 2.45) is 0 Å². The monoisotopic (exact) mass is 126 g/mol. The van der Waals surface area contributed by atoms with E-state index in [0.29, 0.717) is 6.04 Å². The van der Waals surface area contributed by atoms with Crippen LogP contribution < -0.4 is 5.23 Å². The van der Waals surface area contributed by atoms with E-state index in [-0.39, 0.29) is 0 Å². The molecule has 1 aliphatic carbocycles. The van der Waals surface area contributed by atoms with Gasteiger partial charge in [0.1, 0.15) is 0 Å². The third-order valence-corrected chi connectivity index (χ3v) is 1.78. The minimum Gasteiger partial charge on any atom is -0.427 e. The third-order valence-electron chi connectivity index (χ3n) is 1.78. The minimum absolute atomic E-state index is 0.685. The third kappa shape index (κ3) is 2.37. The first-order valence-corrected chi connectivity index (χ1v) is 3.54. The van der Waals surface area contributed by atoms with Crippen molar-refractivity contribution in [3.05, 3.63) is 0 Å². The van der Waals surface area contributed by atoms with Crippen LogP contribution in [0.25, 0.3) is 0 Å². The molecule has 0 aromatic heterocycles. The summed E-state index contributed by atoms with van der Waals surface area (Å²) in [6.07, 6.45) is 5.35. The largest absolute Gasteiger partial charge is 0.427 e. The molecule has 1 N–H and O–H groups in total. The summed E-state index contributed by atoms with van der Waals surface area (Å²) in [7, 11) is 3.35. The fourth-order valence-corrected chi connectivity index (χ4v) is 1.26. The number of hydrogen-bond acceptors (Lipinski definition) is 2. The lowest BCUT2D eigenvalue weighted by Crippen LogP contribution is -2.30. The Hall–Kier alpha value is -0.0151.